The number of aryl methyl sites for hydroxylation is 2. The first-order chi connectivity index (χ1) is 11.4. The predicted molar refractivity (Wildman–Crippen MR) is 84.3 cm³/mol. The Morgan fingerprint density at radius 1 is 0.792 bits per heavy atom. The van der Waals surface area contributed by atoms with Crippen molar-refractivity contribution in [2.24, 2.45) is 0 Å². The summed E-state index contributed by atoms with van der Waals surface area (Å²) in [7, 11) is 0. The van der Waals surface area contributed by atoms with Gasteiger partial charge in [0.05, 0.1) is 5.69 Å². The molecule has 10 nitrogen and oxygen atoms in total. The molecule has 0 aromatic carbocycles. The van der Waals surface area contributed by atoms with Crippen LogP contribution in [0.25, 0.3) is 9.69 Å². The minimum Gasteiger partial charge on any atom is -0.391 e. The second-order valence-electron chi connectivity index (χ2n) is 4.18. The van der Waals surface area contributed by atoms with Gasteiger partial charge in [-0.3, -0.25) is 0 Å². The summed E-state index contributed by atoms with van der Waals surface area (Å²) < 4.78 is 0. The maximum atomic E-state index is 8.58. The molecule has 0 fully saturated rings. The molecule has 116 valence electrons. The second kappa shape index (κ2) is 7.65. The molecule has 0 aliphatic heterocycles. The molecule has 2 heterocycles. The monoisotopic (exact) mass is 318 g/mol. The fourth-order valence-electron chi connectivity index (χ4n) is 1.42. The standard InChI is InChI=1S/C8H6N4.C6H4N6/c1-5-7(4-9)11-6(2)8(10-3)12-5;1-10-6-5(9)11-3(2-7)4(8)12-6/h1-2H3;(H2,8,12)(H2,9,11). The normalized spacial score (nSPS) is 8.58. The molecule has 24 heavy (non-hydrogen) atoms. The average molecular weight is 318 g/mol. The Morgan fingerprint density at radius 2 is 1.38 bits per heavy atom. The van der Waals surface area contributed by atoms with Crippen molar-refractivity contribution in [3.05, 3.63) is 45.6 Å². The lowest BCUT2D eigenvalue weighted by molar-refractivity contribution is 1.05. The lowest BCUT2D eigenvalue weighted by Gasteiger charge is -1.96. The lowest BCUT2D eigenvalue weighted by Crippen LogP contribution is -2.01. The Bertz CT molecular complexity index is 791. The molecule has 10 heteroatoms. The van der Waals surface area contributed by atoms with Crippen LogP contribution in [0.5, 0.6) is 0 Å². The van der Waals surface area contributed by atoms with Crippen LogP contribution in [0.3, 0.4) is 0 Å². The molecule has 0 saturated carbocycles. The predicted octanol–water partition coefficient (Wildman–Crippen LogP) is 1.58. The third-order valence-electron chi connectivity index (χ3n) is 2.57. The van der Waals surface area contributed by atoms with E-state index in [0.717, 1.165) is 0 Å². The number of rotatable bonds is 0. The van der Waals surface area contributed by atoms with E-state index in [1.165, 1.54) is 0 Å². The van der Waals surface area contributed by atoms with Crippen LogP contribution in [0.2, 0.25) is 0 Å². The molecule has 4 N–H and O–H groups in total. The number of nitrogens with two attached hydrogens (primary N) is 2. The van der Waals surface area contributed by atoms with Crippen molar-refractivity contribution in [3.8, 4) is 12.1 Å². The topological polar surface area (TPSA) is 160 Å². The maximum Gasteiger partial charge on any atom is 0.313 e. The summed E-state index contributed by atoms with van der Waals surface area (Å²) in [5, 5.41) is 17.0. The summed E-state index contributed by atoms with van der Waals surface area (Å²) in [6.07, 6.45) is 0. The van der Waals surface area contributed by atoms with Crippen molar-refractivity contribution in [3.63, 3.8) is 0 Å². The summed E-state index contributed by atoms with van der Waals surface area (Å²) in [4.78, 5) is 21.1. The third-order valence-corrected chi connectivity index (χ3v) is 2.57. The first-order valence-electron chi connectivity index (χ1n) is 6.21. The van der Waals surface area contributed by atoms with E-state index in [9.17, 15) is 0 Å². The van der Waals surface area contributed by atoms with Crippen LogP contribution in [0.1, 0.15) is 22.8 Å². The minimum atomic E-state index is -0.0773. The zero-order valence-corrected chi connectivity index (χ0v) is 12.7. The molecule has 0 aliphatic carbocycles. The molecule has 0 unspecified atom stereocenters. The van der Waals surface area contributed by atoms with E-state index >= 15 is 0 Å². The van der Waals surface area contributed by atoms with Crippen molar-refractivity contribution >= 4 is 23.3 Å². The third kappa shape index (κ3) is 3.88. The fourth-order valence-corrected chi connectivity index (χ4v) is 1.42. The van der Waals surface area contributed by atoms with E-state index in [1.54, 1.807) is 19.9 Å². The second-order valence-corrected chi connectivity index (χ2v) is 4.18. The zero-order chi connectivity index (χ0) is 18.3. The van der Waals surface area contributed by atoms with E-state index in [2.05, 4.69) is 29.6 Å². The quantitative estimate of drug-likeness (QED) is 0.692. The van der Waals surface area contributed by atoms with Gasteiger partial charge < -0.3 is 21.2 Å². The largest absolute Gasteiger partial charge is 0.391 e. The van der Waals surface area contributed by atoms with Gasteiger partial charge in [-0.05, 0) is 6.92 Å². The van der Waals surface area contributed by atoms with Crippen LogP contribution in [0.15, 0.2) is 0 Å². The number of hydrogen-bond donors (Lipinski definition) is 2. The highest BCUT2D eigenvalue weighted by Gasteiger charge is 2.10. The van der Waals surface area contributed by atoms with E-state index in [-0.39, 0.29) is 29.0 Å². The molecule has 2 aromatic heterocycles. The van der Waals surface area contributed by atoms with E-state index < -0.39 is 0 Å². The lowest BCUT2D eigenvalue weighted by atomic mass is 10.3. The molecule has 0 bridgehead atoms. The van der Waals surface area contributed by atoms with Gasteiger partial charge in [-0.1, -0.05) is 18.1 Å². The number of nitriles is 2. The maximum absolute atomic E-state index is 8.58. The molecular weight excluding hydrogens is 308 g/mol. The Balaban J connectivity index is 0.000000240. The molecule has 0 radical (unpaired) electrons. The number of nitrogen functional groups attached to an aromatic ring is 2. The Kier molecular flexibility index (Phi) is 5.66. The van der Waals surface area contributed by atoms with E-state index in [1.807, 2.05) is 6.07 Å². The van der Waals surface area contributed by atoms with Crippen LogP contribution in [-0.4, -0.2) is 19.9 Å². The first-order valence-corrected chi connectivity index (χ1v) is 6.21. The van der Waals surface area contributed by atoms with Gasteiger partial charge in [0, 0.05) is 6.92 Å². The molecule has 0 aliphatic rings. The summed E-state index contributed by atoms with van der Waals surface area (Å²) >= 11 is 0. The first kappa shape index (κ1) is 17.8. The SMILES string of the molecule is [C-]#[N+]c1nc(C)c(C#N)nc1C.[C-]#[N+]c1nc(N)c(C#N)nc1N. The van der Waals surface area contributed by atoms with Crippen molar-refractivity contribution in [2.75, 3.05) is 11.5 Å². The van der Waals surface area contributed by atoms with Gasteiger partial charge in [-0.2, -0.15) is 10.5 Å². The van der Waals surface area contributed by atoms with Crippen molar-refractivity contribution in [1.82, 2.24) is 19.9 Å². The van der Waals surface area contributed by atoms with Gasteiger partial charge in [0.2, 0.25) is 5.69 Å². The zero-order valence-electron chi connectivity index (χ0n) is 12.7. The molecule has 2 aromatic rings. The number of aromatic nitrogens is 4. The van der Waals surface area contributed by atoms with Gasteiger partial charge >= 0.3 is 5.82 Å². The van der Waals surface area contributed by atoms with Crippen LogP contribution >= 0.6 is 0 Å². The Hall–Kier alpha value is -4.28. The van der Waals surface area contributed by atoms with Gasteiger partial charge in [0.15, 0.2) is 17.2 Å². The average Bonchev–Trinajstić information content (AvgIpc) is 2.58. The smallest absolute Gasteiger partial charge is 0.313 e. The molecule has 2 rings (SSSR count). The fraction of sp³-hybridized carbons (Fsp3) is 0.143. The number of hydrogen-bond acceptors (Lipinski definition) is 8. The van der Waals surface area contributed by atoms with Crippen molar-refractivity contribution in [1.29, 1.82) is 10.5 Å². The summed E-state index contributed by atoms with van der Waals surface area (Å²) in [5.74, 6) is 0.0476. The van der Waals surface area contributed by atoms with E-state index in [0.29, 0.717) is 17.1 Å². The molecule has 0 saturated heterocycles. The van der Waals surface area contributed by atoms with Crippen LogP contribution < -0.4 is 11.5 Å². The van der Waals surface area contributed by atoms with Gasteiger partial charge in [-0.25, -0.2) is 9.97 Å². The van der Waals surface area contributed by atoms with Crippen LogP contribution in [0, 0.1) is 49.7 Å². The summed E-state index contributed by atoms with van der Waals surface area (Å²) in [6, 6.07) is 3.62. The molecule has 0 atom stereocenters. The Morgan fingerprint density at radius 3 is 1.88 bits per heavy atom. The molecule has 0 amide bonds. The van der Waals surface area contributed by atoms with Crippen molar-refractivity contribution in [2.45, 2.75) is 13.8 Å². The van der Waals surface area contributed by atoms with Gasteiger partial charge in [-0.15, -0.1) is 4.98 Å². The van der Waals surface area contributed by atoms with Crippen LogP contribution in [0.4, 0.5) is 23.3 Å². The van der Waals surface area contributed by atoms with E-state index in [4.69, 9.17) is 35.1 Å². The van der Waals surface area contributed by atoms with Crippen molar-refractivity contribution < 1.29 is 0 Å². The highest BCUT2D eigenvalue weighted by molar-refractivity contribution is 5.62. The summed E-state index contributed by atoms with van der Waals surface area (Å²) in [6.45, 7) is 16.7. The Labute approximate surface area is 137 Å². The number of nitrogens with zero attached hydrogens (tertiary/aromatic N) is 8. The molecule has 0 spiro atoms. The number of anilines is 2. The van der Waals surface area contributed by atoms with Gasteiger partial charge in [0.25, 0.3) is 11.6 Å². The highest BCUT2D eigenvalue weighted by Crippen LogP contribution is 2.19. The minimum absolute atomic E-state index is 0.0556. The van der Waals surface area contributed by atoms with Gasteiger partial charge in [0.1, 0.15) is 12.1 Å². The highest BCUT2D eigenvalue weighted by atomic mass is 15.0. The van der Waals surface area contributed by atoms with Crippen LogP contribution in [-0.2, 0) is 0 Å². The summed E-state index contributed by atoms with van der Waals surface area (Å²) in [5.41, 5.74) is 11.8. The molecular formula is C14H10N10.